The molecule has 0 spiro atoms. The molecule has 0 heterocycles. The normalized spacial score (nSPS) is 12.2. The summed E-state index contributed by atoms with van der Waals surface area (Å²) in [6.07, 6.45) is 0. The summed E-state index contributed by atoms with van der Waals surface area (Å²) < 4.78 is 0. The predicted octanol–water partition coefficient (Wildman–Crippen LogP) is 1.01. The summed E-state index contributed by atoms with van der Waals surface area (Å²) in [6, 6.07) is 8.97. The van der Waals surface area contributed by atoms with E-state index in [1.165, 1.54) is 0 Å². The Balaban J connectivity index is 3.07. The SMILES string of the molecule is CCN(CC)C(=O)C(c1ccccc1)N(C)CC(N)=O. The maximum atomic E-state index is 12.7. The van der Waals surface area contributed by atoms with Crippen molar-refractivity contribution in [2.45, 2.75) is 19.9 Å². The molecule has 20 heavy (non-hydrogen) atoms. The quantitative estimate of drug-likeness (QED) is 0.809. The van der Waals surface area contributed by atoms with Gasteiger partial charge in [0.1, 0.15) is 6.04 Å². The first-order chi connectivity index (χ1) is 9.51. The highest BCUT2D eigenvalue weighted by atomic mass is 16.2. The maximum Gasteiger partial charge on any atom is 0.244 e. The molecule has 0 saturated heterocycles. The Labute approximate surface area is 120 Å². The Kier molecular flexibility index (Phi) is 6.18. The van der Waals surface area contributed by atoms with Crippen LogP contribution in [0.3, 0.4) is 0 Å². The number of hydrogen-bond acceptors (Lipinski definition) is 3. The van der Waals surface area contributed by atoms with E-state index in [4.69, 9.17) is 5.73 Å². The molecule has 110 valence electrons. The summed E-state index contributed by atoms with van der Waals surface area (Å²) in [5.41, 5.74) is 6.11. The van der Waals surface area contributed by atoms with Gasteiger partial charge < -0.3 is 10.6 Å². The Bertz CT molecular complexity index is 444. The van der Waals surface area contributed by atoms with E-state index in [-0.39, 0.29) is 12.5 Å². The zero-order valence-corrected chi connectivity index (χ0v) is 12.4. The van der Waals surface area contributed by atoms with Crippen LogP contribution in [0.15, 0.2) is 30.3 Å². The molecule has 0 aliphatic rings. The van der Waals surface area contributed by atoms with Crippen molar-refractivity contribution in [1.29, 1.82) is 0 Å². The van der Waals surface area contributed by atoms with Crippen LogP contribution in [0, 0.1) is 0 Å². The number of nitrogens with zero attached hydrogens (tertiary/aromatic N) is 2. The number of nitrogens with two attached hydrogens (primary N) is 1. The molecule has 0 radical (unpaired) electrons. The monoisotopic (exact) mass is 277 g/mol. The highest BCUT2D eigenvalue weighted by Crippen LogP contribution is 2.21. The van der Waals surface area contributed by atoms with Gasteiger partial charge in [0.25, 0.3) is 0 Å². The fourth-order valence-electron chi connectivity index (χ4n) is 2.27. The van der Waals surface area contributed by atoms with Crippen LogP contribution in [0.5, 0.6) is 0 Å². The molecule has 0 aliphatic carbocycles. The van der Waals surface area contributed by atoms with Crippen LogP contribution in [0.2, 0.25) is 0 Å². The average molecular weight is 277 g/mol. The minimum atomic E-state index is -0.483. The van der Waals surface area contributed by atoms with Crippen LogP contribution >= 0.6 is 0 Å². The van der Waals surface area contributed by atoms with E-state index in [9.17, 15) is 9.59 Å². The zero-order valence-electron chi connectivity index (χ0n) is 12.4. The Morgan fingerprint density at radius 1 is 1.15 bits per heavy atom. The molecule has 2 amide bonds. The van der Waals surface area contributed by atoms with Crippen molar-refractivity contribution in [1.82, 2.24) is 9.80 Å². The highest BCUT2D eigenvalue weighted by Gasteiger charge is 2.28. The molecule has 0 aliphatic heterocycles. The number of carbonyl (C=O) groups excluding carboxylic acids is 2. The van der Waals surface area contributed by atoms with E-state index in [0.717, 1.165) is 5.56 Å². The van der Waals surface area contributed by atoms with Crippen LogP contribution in [0.1, 0.15) is 25.5 Å². The standard InChI is InChI=1S/C15H23N3O2/c1-4-18(5-2)15(20)14(17(3)11-13(16)19)12-9-7-6-8-10-12/h6-10,14H,4-5,11H2,1-3H3,(H2,16,19). The van der Waals surface area contributed by atoms with Gasteiger partial charge in [-0.15, -0.1) is 0 Å². The van der Waals surface area contributed by atoms with Gasteiger partial charge in [-0.3, -0.25) is 14.5 Å². The molecule has 1 aromatic rings. The molecule has 1 atom stereocenters. The molecule has 0 bridgehead atoms. The average Bonchev–Trinajstić information content (AvgIpc) is 2.40. The lowest BCUT2D eigenvalue weighted by molar-refractivity contribution is -0.137. The van der Waals surface area contributed by atoms with Crippen molar-refractivity contribution >= 4 is 11.8 Å². The molecule has 1 aromatic carbocycles. The van der Waals surface area contributed by atoms with Crippen LogP contribution in [-0.2, 0) is 9.59 Å². The number of rotatable bonds is 7. The van der Waals surface area contributed by atoms with Gasteiger partial charge in [-0.2, -0.15) is 0 Å². The van der Waals surface area contributed by atoms with Gasteiger partial charge in [0.05, 0.1) is 6.54 Å². The van der Waals surface area contributed by atoms with E-state index in [0.29, 0.717) is 13.1 Å². The van der Waals surface area contributed by atoms with Gasteiger partial charge in [-0.25, -0.2) is 0 Å². The Morgan fingerprint density at radius 3 is 2.15 bits per heavy atom. The molecule has 1 rings (SSSR count). The van der Waals surface area contributed by atoms with E-state index in [2.05, 4.69) is 0 Å². The second-order valence-electron chi connectivity index (χ2n) is 4.71. The summed E-state index contributed by atoms with van der Waals surface area (Å²) >= 11 is 0. The molecular formula is C15H23N3O2. The fraction of sp³-hybridized carbons (Fsp3) is 0.467. The molecule has 0 saturated carbocycles. The second kappa shape index (κ2) is 7.65. The Morgan fingerprint density at radius 2 is 1.70 bits per heavy atom. The van der Waals surface area contributed by atoms with Gasteiger partial charge in [-0.05, 0) is 26.5 Å². The summed E-state index contributed by atoms with van der Waals surface area (Å²) in [7, 11) is 1.74. The largest absolute Gasteiger partial charge is 0.369 e. The number of likely N-dealkylation sites (N-methyl/N-ethyl adjacent to an activating group) is 2. The van der Waals surface area contributed by atoms with Gasteiger partial charge in [-0.1, -0.05) is 30.3 Å². The van der Waals surface area contributed by atoms with Crippen molar-refractivity contribution in [3.8, 4) is 0 Å². The van der Waals surface area contributed by atoms with E-state index < -0.39 is 11.9 Å². The van der Waals surface area contributed by atoms with Crippen molar-refractivity contribution in [2.75, 3.05) is 26.7 Å². The first-order valence-corrected chi connectivity index (χ1v) is 6.83. The Hall–Kier alpha value is -1.88. The van der Waals surface area contributed by atoms with E-state index in [1.807, 2.05) is 44.2 Å². The summed E-state index contributed by atoms with van der Waals surface area (Å²) in [5, 5.41) is 0. The lowest BCUT2D eigenvalue weighted by atomic mass is 10.0. The van der Waals surface area contributed by atoms with E-state index in [1.54, 1.807) is 16.8 Å². The third-order valence-electron chi connectivity index (χ3n) is 3.27. The lowest BCUT2D eigenvalue weighted by Crippen LogP contribution is -2.44. The van der Waals surface area contributed by atoms with Crippen molar-refractivity contribution < 1.29 is 9.59 Å². The van der Waals surface area contributed by atoms with E-state index >= 15 is 0 Å². The zero-order chi connectivity index (χ0) is 15.1. The van der Waals surface area contributed by atoms with Crippen molar-refractivity contribution in [3.63, 3.8) is 0 Å². The first kappa shape index (κ1) is 16.2. The van der Waals surface area contributed by atoms with Crippen LogP contribution < -0.4 is 5.73 Å². The number of hydrogen-bond donors (Lipinski definition) is 1. The fourth-order valence-corrected chi connectivity index (χ4v) is 2.27. The lowest BCUT2D eigenvalue weighted by Gasteiger charge is -2.31. The van der Waals surface area contributed by atoms with Gasteiger partial charge in [0.15, 0.2) is 0 Å². The molecule has 1 unspecified atom stereocenters. The number of amides is 2. The first-order valence-electron chi connectivity index (χ1n) is 6.83. The number of primary amides is 1. The molecular weight excluding hydrogens is 254 g/mol. The number of benzene rings is 1. The smallest absolute Gasteiger partial charge is 0.244 e. The van der Waals surface area contributed by atoms with Gasteiger partial charge in [0.2, 0.25) is 11.8 Å². The topological polar surface area (TPSA) is 66.6 Å². The van der Waals surface area contributed by atoms with Crippen LogP contribution in [-0.4, -0.2) is 48.3 Å². The third-order valence-corrected chi connectivity index (χ3v) is 3.27. The maximum absolute atomic E-state index is 12.7. The molecule has 5 nitrogen and oxygen atoms in total. The molecule has 0 aromatic heterocycles. The van der Waals surface area contributed by atoms with Gasteiger partial charge >= 0.3 is 0 Å². The minimum absolute atomic E-state index is 0.00931. The number of carbonyl (C=O) groups is 2. The summed E-state index contributed by atoms with van der Waals surface area (Å²) in [6.45, 7) is 5.22. The van der Waals surface area contributed by atoms with Crippen LogP contribution in [0.25, 0.3) is 0 Å². The predicted molar refractivity (Wildman–Crippen MR) is 78.9 cm³/mol. The van der Waals surface area contributed by atoms with Crippen molar-refractivity contribution in [3.05, 3.63) is 35.9 Å². The molecule has 0 fully saturated rings. The minimum Gasteiger partial charge on any atom is -0.369 e. The van der Waals surface area contributed by atoms with Crippen LogP contribution in [0.4, 0.5) is 0 Å². The van der Waals surface area contributed by atoms with Gasteiger partial charge in [0, 0.05) is 13.1 Å². The van der Waals surface area contributed by atoms with Crippen molar-refractivity contribution in [2.24, 2.45) is 5.73 Å². The second-order valence-corrected chi connectivity index (χ2v) is 4.71. The molecule has 5 heteroatoms. The summed E-state index contributed by atoms with van der Waals surface area (Å²) in [4.78, 5) is 27.2. The molecule has 2 N–H and O–H groups in total. The highest BCUT2D eigenvalue weighted by molar-refractivity contribution is 5.84. The summed E-state index contributed by atoms with van der Waals surface area (Å²) in [5.74, 6) is -0.453. The third kappa shape index (κ3) is 4.06.